The molecule has 9 heavy (non-hydrogen) atoms. The summed E-state index contributed by atoms with van der Waals surface area (Å²) in [6.07, 6.45) is 0.826. The van der Waals surface area contributed by atoms with Crippen LogP contribution in [0.1, 0.15) is 13.3 Å². The van der Waals surface area contributed by atoms with Crippen LogP contribution < -0.4 is 5.73 Å². The minimum Gasteiger partial charge on any atom is -0.342 e. The Bertz CT molecular complexity index is 124. The van der Waals surface area contributed by atoms with Gasteiger partial charge in [-0.05, 0) is 13.3 Å². The van der Waals surface area contributed by atoms with Crippen molar-refractivity contribution in [3.05, 3.63) is 0 Å². The fourth-order valence-electron chi connectivity index (χ4n) is 1.08. The Balaban J connectivity index is 2.51. The summed E-state index contributed by atoms with van der Waals surface area (Å²) in [5.74, 6) is 0.109. The molecule has 0 bridgehead atoms. The number of nitrogens with zero attached hydrogens (tertiary/aromatic N) is 1. The van der Waals surface area contributed by atoms with Gasteiger partial charge in [-0.15, -0.1) is 0 Å². The molecular weight excluding hydrogens is 116 g/mol. The van der Waals surface area contributed by atoms with Crippen LogP contribution in [-0.2, 0) is 4.79 Å². The Hall–Kier alpha value is -0.570. The van der Waals surface area contributed by atoms with Gasteiger partial charge in [0.2, 0.25) is 5.91 Å². The van der Waals surface area contributed by atoms with Gasteiger partial charge >= 0.3 is 0 Å². The summed E-state index contributed by atoms with van der Waals surface area (Å²) in [5.41, 5.74) is 5.45. The van der Waals surface area contributed by atoms with Crippen LogP contribution in [0.25, 0.3) is 0 Å². The molecule has 2 N–H and O–H groups in total. The van der Waals surface area contributed by atoms with Crippen LogP contribution in [0.2, 0.25) is 0 Å². The fraction of sp³-hybridized carbons (Fsp3) is 0.833. The number of hydrogen-bond acceptors (Lipinski definition) is 2. The first-order valence-electron chi connectivity index (χ1n) is 3.30. The third-order valence-electron chi connectivity index (χ3n) is 1.72. The standard InChI is InChI=1S/C6H12N2O/c1-2-8-4-3-5(7)6(8)9/h5H,2-4,7H2,1H3/t5-/m1/s1. The van der Waals surface area contributed by atoms with E-state index in [0.717, 1.165) is 19.5 Å². The van der Waals surface area contributed by atoms with Crippen molar-refractivity contribution in [3.63, 3.8) is 0 Å². The number of amides is 1. The molecule has 1 aliphatic heterocycles. The summed E-state index contributed by atoms with van der Waals surface area (Å²) in [4.78, 5) is 12.7. The number of nitrogens with two attached hydrogens (primary N) is 1. The normalized spacial score (nSPS) is 27.6. The zero-order valence-corrected chi connectivity index (χ0v) is 5.63. The molecule has 0 unspecified atom stereocenters. The summed E-state index contributed by atoms with van der Waals surface area (Å²) in [5, 5.41) is 0. The maximum Gasteiger partial charge on any atom is 0.239 e. The van der Waals surface area contributed by atoms with Crippen LogP contribution in [0.4, 0.5) is 0 Å². The summed E-state index contributed by atoms with van der Waals surface area (Å²) < 4.78 is 0. The lowest BCUT2D eigenvalue weighted by atomic mass is 10.3. The van der Waals surface area contributed by atoms with Gasteiger partial charge in [-0.2, -0.15) is 0 Å². The van der Waals surface area contributed by atoms with Crippen molar-refractivity contribution in [3.8, 4) is 0 Å². The van der Waals surface area contributed by atoms with Gasteiger partial charge in [-0.3, -0.25) is 4.79 Å². The molecule has 52 valence electrons. The lowest BCUT2D eigenvalue weighted by Gasteiger charge is -2.11. The highest BCUT2D eigenvalue weighted by Crippen LogP contribution is 2.06. The summed E-state index contributed by atoms with van der Waals surface area (Å²) >= 11 is 0. The first kappa shape index (κ1) is 6.55. The predicted octanol–water partition coefficient (Wildman–Crippen LogP) is -0.434. The average Bonchev–Trinajstić information content (AvgIpc) is 2.15. The molecule has 0 aromatic heterocycles. The highest BCUT2D eigenvalue weighted by molar-refractivity contribution is 5.83. The van der Waals surface area contributed by atoms with Crippen LogP contribution >= 0.6 is 0 Å². The Kier molecular flexibility index (Phi) is 1.71. The van der Waals surface area contributed by atoms with Crippen LogP contribution in [0.15, 0.2) is 0 Å². The molecule has 1 saturated heterocycles. The monoisotopic (exact) mass is 128 g/mol. The van der Waals surface area contributed by atoms with E-state index < -0.39 is 0 Å². The summed E-state index contributed by atoms with van der Waals surface area (Å²) in [6, 6.07) is -0.218. The van der Waals surface area contributed by atoms with E-state index in [-0.39, 0.29) is 11.9 Å². The van der Waals surface area contributed by atoms with Crippen LogP contribution in [-0.4, -0.2) is 29.9 Å². The van der Waals surface area contributed by atoms with Crippen molar-refractivity contribution in [1.29, 1.82) is 0 Å². The van der Waals surface area contributed by atoms with Crippen LogP contribution in [0.5, 0.6) is 0 Å². The van der Waals surface area contributed by atoms with Gasteiger partial charge in [0, 0.05) is 13.1 Å². The molecule has 0 aromatic rings. The smallest absolute Gasteiger partial charge is 0.239 e. The third kappa shape index (κ3) is 1.05. The average molecular weight is 128 g/mol. The van der Waals surface area contributed by atoms with Crippen molar-refractivity contribution < 1.29 is 4.79 Å². The van der Waals surface area contributed by atoms with Crippen molar-refractivity contribution >= 4 is 5.91 Å². The Morgan fingerprint density at radius 2 is 2.56 bits per heavy atom. The topological polar surface area (TPSA) is 46.3 Å². The third-order valence-corrected chi connectivity index (χ3v) is 1.72. The molecule has 1 fully saturated rings. The molecule has 0 aliphatic carbocycles. The quantitative estimate of drug-likeness (QED) is 0.520. The highest BCUT2D eigenvalue weighted by Gasteiger charge is 2.26. The van der Waals surface area contributed by atoms with Gasteiger partial charge in [0.25, 0.3) is 0 Å². The molecule has 0 aromatic carbocycles. The van der Waals surface area contributed by atoms with Gasteiger partial charge in [-0.1, -0.05) is 0 Å². The Morgan fingerprint density at radius 3 is 2.78 bits per heavy atom. The first-order chi connectivity index (χ1) is 4.25. The number of carbonyl (C=O) groups is 1. The van der Waals surface area contributed by atoms with E-state index in [2.05, 4.69) is 0 Å². The lowest BCUT2D eigenvalue weighted by molar-refractivity contribution is -0.128. The van der Waals surface area contributed by atoms with E-state index in [4.69, 9.17) is 5.73 Å². The van der Waals surface area contributed by atoms with Crippen molar-refractivity contribution in [2.45, 2.75) is 19.4 Å². The molecule has 1 rings (SSSR count). The summed E-state index contributed by atoms with van der Waals surface area (Å²) in [6.45, 7) is 3.61. The minimum absolute atomic E-state index is 0.109. The SMILES string of the molecule is CCN1CC[C@@H](N)C1=O. The fourth-order valence-corrected chi connectivity index (χ4v) is 1.08. The zero-order valence-electron chi connectivity index (χ0n) is 5.63. The molecule has 3 nitrogen and oxygen atoms in total. The van der Waals surface area contributed by atoms with E-state index in [1.165, 1.54) is 0 Å². The molecule has 0 saturated carbocycles. The largest absolute Gasteiger partial charge is 0.342 e. The van der Waals surface area contributed by atoms with E-state index in [1.54, 1.807) is 4.90 Å². The summed E-state index contributed by atoms with van der Waals surface area (Å²) in [7, 11) is 0. The zero-order chi connectivity index (χ0) is 6.85. The maximum atomic E-state index is 10.9. The number of likely N-dealkylation sites (N-methyl/N-ethyl adjacent to an activating group) is 1. The van der Waals surface area contributed by atoms with E-state index in [9.17, 15) is 4.79 Å². The van der Waals surface area contributed by atoms with Gasteiger partial charge in [-0.25, -0.2) is 0 Å². The van der Waals surface area contributed by atoms with Crippen molar-refractivity contribution in [1.82, 2.24) is 4.90 Å². The molecule has 0 spiro atoms. The van der Waals surface area contributed by atoms with Crippen LogP contribution in [0.3, 0.4) is 0 Å². The Morgan fingerprint density at radius 1 is 1.89 bits per heavy atom. The number of hydrogen-bond donors (Lipinski definition) is 1. The number of rotatable bonds is 1. The van der Waals surface area contributed by atoms with Crippen LogP contribution in [0, 0.1) is 0 Å². The first-order valence-corrected chi connectivity index (χ1v) is 3.30. The molecule has 1 amide bonds. The Labute approximate surface area is 54.8 Å². The molecule has 1 heterocycles. The maximum absolute atomic E-state index is 10.9. The van der Waals surface area contributed by atoms with Gasteiger partial charge in [0.05, 0.1) is 6.04 Å². The molecule has 0 radical (unpaired) electrons. The number of carbonyl (C=O) groups excluding carboxylic acids is 1. The van der Waals surface area contributed by atoms with Crippen molar-refractivity contribution in [2.24, 2.45) is 5.73 Å². The van der Waals surface area contributed by atoms with Gasteiger partial charge in [0.15, 0.2) is 0 Å². The molecule has 1 aliphatic rings. The van der Waals surface area contributed by atoms with Gasteiger partial charge in [0.1, 0.15) is 0 Å². The number of likely N-dealkylation sites (tertiary alicyclic amines) is 1. The van der Waals surface area contributed by atoms with E-state index in [0.29, 0.717) is 0 Å². The molecule has 3 heteroatoms. The molecular formula is C6H12N2O. The molecule has 1 atom stereocenters. The second-order valence-corrected chi connectivity index (χ2v) is 2.31. The van der Waals surface area contributed by atoms with E-state index in [1.807, 2.05) is 6.92 Å². The predicted molar refractivity (Wildman–Crippen MR) is 34.8 cm³/mol. The minimum atomic E-state index is -0.218. The second kappa shape index (κ2) is 2.35. The second-order valence-electron chi connectivity index (χ2n) is 2.31. The van der Waals surface area contributed by atoms with Crippen molar-refractivity contribution in [2.75, 3.05) is 13.1 Å². The van der Waals surface area contributed by atoms with Gasteiger partial charge < -0.3 is 10.6 Å². The van der Waals surface area contributed by atoms with E-state index >= 15 is 0 Å². The lowest BCUT2D eigenvalue weighted by Crippen LogP contribution is -2.33. The highest BCUT2D eigenvalue weighted by atomic mass is 16.2.